The number of unbranched alkanes of at least 4 members (excludes halogenated alkanes) is 1. The van der Waals surface area contributed by atoms with Crippen LogP contribution in [0.1, 0.15) is 37.7 Å². The van der Waals surface area contributed by atoms with Gasteiger partial charge in [0.2, 0.25) is 10.0 Å². The normalized spacial score (nSPS) is 12.7. The van der Waals surface area contributed by atoms with Crippen LogP contribution in [0.2, 0.25) is 0 Å². The maximum absolute atomic E-state index is 13.0. The van der Waals surface area contributed by atoms with Gasteiger partial charge in [0.1, 0.15) is 5.82 Å². The van der Waals surface area contributed by atoms with Gasteiger partial charge in [-0.25, -0.2) is 22.3 Å². The molecule has 2 rings (SSSR count). The minimum absolute atomic E-state index is 0.0446. The average molecular weight is 449 g/mol. The number of rotatable bonds is 13. The maximum atomic E-state index is 13.0. The number of aryl methyl sites for hydroxylation is 1. The Balaban J connectivity index is 1.78. The number of ether oxygens (including phenoxy) is 1. The number of nitrogens with zero attached hydrogens (tertiary/aromatic N) is 1. The minimum atomic E-state index is -3.65. The lowest BCUT2D eigenvalue weighted by Crippen LogP contribution is -2.24. The van der Waals surface area contributed by atoms with Crippen molar-refractivity contribution >= 4 is 16.0 Å². The van der Waals surface area contributed by atoms with Crippen molar-refractivity contribution in [3.63, 3.8) is 0 Å². The lowest BCUT2D eigenvalue weighted by Gasteiger charge is -2.13. The molecule has 0 saturated carbocycles. The number of hydrogen-bond donors (Lipinski definition) is 1. The van der Waals surface area contributed by atoms with Crippen molar-refractivity contribution in [3.8, 4) is 0 Å². The van der Waals surface area contributed by atoms with E-state index in [4.69, 9.17) is 0 Å². The van der Waals surface area contributed by atoms with Crippen LogP contribution in [0.5, 0.6) is 0 Å². The molecule has 1 aromatic carbocycles. The highest BCUT2D eigenvalue weighted by molar-refractivity contribution is 7.89. The zero-order valence-corrected chi connectivity index (χ0v) is 18.5. The summed E-state index contributed by atoms with van der Waals surface area (Å²) in [5, 5.41) is 0. The Hall–Kier alpha value is -2.58. The summed E-state index contributed by atoms with van der Waals surface area (Å²) in [6.07, 6.45) is 12.0. The molecule has 6 nitrogen and oxygen atoms in total. The predicted molar refractivity (Wildman–Crippen MR) is 117 cm³/mol. The predicted octanol–water partition coefficient (Wildman–Crippen LogP) is 4.04. The molecule has 0 spiro atoms. The van der Waals surface area contributed by atoms with Gasteiger partial charge in [-0.05, 0) is 73.9 Å². The number of halogens is 1. The molecule has 0 aliphatic rings. The molecule has 1 N–H and O–H groups in total. The smallest absolute Gasteiger partial charge is 0.330 e. The van der Waals surface area contributed by atoms with Crippen LogP contribution in [-0.2, 0) is 26.0 Å². The largest absolute Gasteiger partial charge is 0.466 e. The van der Waals surface area contributed by atoms with Crippen molar-refractivity contribution in [2.75, 3.05) is 13.7 Å². The molecule has 0 fully saturated rings. The van der Waals surface area contributed by atoms with Crippen LogP contribution in [0.25, 0.3) is 0 Å². The fraction of sp³-hybridized carbons (Fsp3) is 0.391. The number of allylic oxidation sites excluding steroid dienone is 1. The Morgan fingerprint density at radius 1 is 1.16 bits per heavy atom. The van der Waals surface area contributed by atoms with Gasteiger partial charge >= 0.3 is 5.97 Å². The van der Waals surface area contributed by atoms with E-state index in [2.05, 4.69) is 14.4 Å². The molecule has 0 aliphatic heterocycles. The van der Waals surface area contributed by atoms with Crippen LogP contribution in [0.15, 0.2) is 65.8 Å². The van der Waals surface area contributed by atoms with Gasteiger partial charge in [0.05, 0.1) is 12.0 Å². The van der Waals surface area contributed by atoms with Crippen molar-refractivity contribution in [1.82, 2.24) is 9.71 Å². The third-order valence-corrected chi connectivity index (χ3v) is 6.36. The van der Waals surface area contributed by atoms with Crippen LogP contribution in [0, 0.1) is 11.7 Å². The first-order chi connectivity index (χ1) is 14.9. The molecular weight excluding hydrogens is 419 g/mol. The molecule has 1 aromatic heterocycles. The van der Waals surface area contributed by atoms with Crippen LogP contribution in [-0.4, -0.2) is 33.0 Å². The van der Waals surface area contributed by atoms with E-state index >= 15 is 0 Å². The first kappa shape index (κ1) is 24.7. The van der Waals surface area contributed by atoms with Gasteiger partial charge in [-0.15, -0.1) is 0 Å². The number of aromatic nitrogens is 1. The number of esters is 1. The van der Waals surface area contributed by atoms with Crippen LogP contribution in [0.3, 0.4) is 0 Å². The van der Waals surface area contributed by atoms with Crippen LogP contribution < -0.4 is 4.72 Å². The molecule has 0 bridgehead atoms. The van der Waals surface area contributed by atoms with E-state index in [1.54, 1.807) is 6.20 Å². The second kappa shape index (κ2) is 13.0. The van der Waals surface area contributed by atoms with E-state index in [9.17, 15) is 17.6 Å². The summed E-state index contributed by atoms with van der Waals surface area (Å²) < 4.78 is 44.6. The molecule has 168 valence electrons. The molecule has 31 heavy (non-hydrogen) atoms. The van der Waals surface area contributed by atoms with Gasteiger partial charge < -0.3 is 4.74 Å². The van der Waals surface area contributed by atoms with E-state index in [0.29, 0.717) is 13.0 Å². The third-order valence-electron chi connectivity index (χ3n) is 4.89. The number of benzene rings is 1. The number of pyridine rings is 1. The summed E-state index contributed by atoms with van der Waals surface area (Å²) in [6.45, 7) is 0.294. The van der Waals surface area contributed by atoms with Gasteiger partial charge in [0.25, 0.3) is 0 Å². The monoisotopic (exact) mass is 448 g/mol. The van der Waals surface area contributed by atoms with E-state index in [0.717, 1.165) is 44.2 Å². The summed E-state index contributed by atoms with van der Waals surface area (Å²) in [4.78, 5) is 15.6. The molecule has 0 radical (unpaired) electrons. The zero-order valence-electron chi connectivity index (χ0n) is 17.7. The van der Waals surface area contributed by atoms with E-state index in [-0.39, 0.29) is 16.8 Å². The van der Waals surface area contributed by atoms with Gasteiger partial charge in [-0.2, -0.15) is 0 Å². The SMILES string of the molecule is COC(=O)/C=C/C(CCCCNS(=O)(=O)c1ccc(F)cc1)CCCc1cccnc1. The Kier molecular flexibility index (Phi) is 10.3. The number of hydrogen-bond acceptors (Lipinski definition) is 5. The number of carbonyl (C=O) groups is 1. The summed E-state index contributed by atoms with van der Waals surface area (Å²) >= 11 is 0. The Morgan fingerprint density at radius 2 is 1.90 bits per heavy atom. The number of sulfonamides is 1. The molecule has 1 heterocycles. The van der Waals surface area contributed by atoms with Crippen molar-refractivity contribution in [1.29, 1.82) is 0 Å². The topological polar surface area (TPSA) is 85.4 Å². The highest BCUT2D eigenvalue weighted by atomic mass is 32.2. The first-order valence-corrected chi connectivity index (χ1v) is 11.8. The molecule has 1 atom stereocenters. The van der Waals surface area contributed by atoms with E-state index in [1.165, 1.54) is 30.9 Å². The first-order valence-electron chi connectivity index (χ1n) is 10.3. The Morgan fingerprint density at radius 3 is 2.58 bits per heavy atom. The second-order valence-corrected chi connectivity index (χ2v) is 9.01. The van der Waals surface area contributed by atoms with E-state index in [1.807, 2.05) is 24.4 Å². The summed E-state index contributed by atoms with van der Waals surface area (Å²) in [5.41, 5.74) is 1.17. The molecule has 8 heteroatoms. The van der Waals surface area contributed by atoms with Crippen molar-refractivity contribution in [2.24, 2.45) is 5.92 Å². The minimum Gasteiger partial charge on any atom is -0.466 e. The van der Waals surface area contributed by atoms with Crippen molar-refractivity contribution < 1.29 is 22.3 Å². The quantitative estimate of drug-likeness (QED) is 0.284. The fourth-order valence-corrected chi connectivity index (χ4v) is 4.24. The molecule has 0 amide bonds. The van der Waals surface area contributed by atoms with Crippen molar-refractivity contribution in [2.45, 2.75) is 43.4 Å². The van der Waals surface area contributed by atoms with Gasteiger partial charge in [0, 0.05) is 25.0 Å². The maximum Gasteiger partial charge on any atom is 0.330 e. The Bertz CT molecular complexity index is 932. The molecule has 2 aromatic rings. The highest BCUT2D eigenvalue weighted by Crippen LogP contribution is 2.19. The highest BCUT2D eigenvalue weighted by Gasteiger charge is 2.13. The summed E-state index contributed by atoms with van der Waals surface area (Å²) in [5.74, 6) is -0.665. The molecule has 0 saturated heterocycles. The lowest BCUT2D eigenvalue weighted by molar-refractivity contribution is -0.134. The van der Waals surface area contributed by atoms with Crippen LogP contribution in [0.4, 0.5) is 4.39 Å². The van der Waals surface area contributed by atoms with Crippen molar-refractivity contribution in [3.05, 3.63) is 72.3 Å². The standard InChI is InChI=1S/C23H29FN2O4S/c1-30-23(27)15-10-19(7-4-8-20-9-5-16-25-18-20)6-2-3-17-26-31(28,29)22-13-11-21(24)12-14-22/h5,9-16,18-19,26H,2-4,6-8,17H2,1H3/b15-10+. The lowest BCUT2D eigenvalue weighted by atomic mass is 9.94. The zero-order chi connectivity index (χ0) is 22.5. The average Bonchev–Trinajstić information content (AvgIpc) is 2.77. The molecule has 1 unspecified atom stereocenters. The van der Waals surface area contributed by atoms with E-state index < -0.39 is 15.8 Å². The Labute approximate surface area is 183 Å². The second-order valence-electron chi connectivity index (χ2n) is 7.24. The molecular formula is C23H29FN2O4S. The third kappa shape index (κ3) is 9.40. The summed E-state index contributed by atoms with van der Waals surface area (Å²) in [6, 6.07) is 8.69. The molecule has 0 aliphatic carbocycles. The summed E-state index contributed by atoms with van der Waals surface area (Å²) in [7, 11) is -2.30. The van der Waals surface area contributed by atoms with Gasteiger partial charge in [-0.1, -0.05) is 18.6 Å². The van der Waals surface area contributed by atoms with Crippen LogP contribution >= 0.6 is 0 Å². The number of carbonyl (C=O) groups excluding carboxylic acids is 1. The van der Waals surface area contributed by atoms with Gasteiger partial charge in [0.15, 0.2) is 0 Å². The number of nitrogens with one attached hydrogen (secondary N) is 1. The fourth-order valence-electron chi connectivity index (χ4n) is 3.17. The van der Waals surface area contributed by atoms with Gasteiger partial charge in [-0.3, -0.25) is 4.98 Å². The number of methoxy groups -OCH3 is 1.